The van der Waals surface area contributed by atoms with Crippen LogP contribution in [0.3, 0.4) is 0 Å². The fraction of sp³-hybridized carbons (Fsp3) is 0.235. The Morgan fingerprint density at radius 3 is 2.75 bits per heavy atom. The topological polar surface area (TPSA) is 38.8 Å². The molecule has 0 N–H and O–H groups in total. The highest BCUT2D eigenvalue weighted by molar-refractivity contribution is 8.00. The Hall–Kier alpha value is -2.28. The molecule has 0 aromatic heterocycles. The number of hydrogen-bond acceptors (Lipinski definition) is 4. The molecule has 7 heteroatoms. The number of nitrogens with zero attached hydrogens (tertiary/aromatic N) is 1. The van der Waals surface area contributed by atoms with Gasteiger partial charge in [-0.2, -0.15) is 0 Å². The van der Waals surface area contributed by atoms with Crippen molar-refractivity contribution in [1.82, 2.24) is 4.90 Å². The summed E-state index contributed by atoms with van der Waals surface area (Å²) in [7, 11) is 0. The summed E-state index contributed by atoms with van der Waals surface area (Å²) in [5.74, 6) is 0.194. The van der Waals surface area contributed by atoms with E-state index in [2.05, 4.69) is 0 Å². The lowest BCUT2D eigenvalue weighted by Crippen LogP contribution is -2.28. The minimum atomic E-state index is -0.654. The molecule has 2 heterocycles. The van der Waals surface area contributed by atoms with Gasteiger partial charge < -0.3 is 14.4 Å². The molecule has 0 aliphatic carbocycles. The molecular formula is C17H13F2NO3S. The second-order valence-electron chi connectivity index (χ2n) is 5.54. The van der Waals surface area contributed by atoms with Crippen molar-refractivity contribution < 1.29 is 23.0 Å². The van der Waals surface area contributed by atoms with Gasteiger partial charge in [0, 0.05) is 18.2 Å². The molecule has 1 fully saturated rings. The zero-order chi connectivity index (χ0) is 16.7. The van der Waals surface area contributed by atoms with E-state index in [0.717, 1.165) is 11.6 Å². The van der Waals surface area contributed by atoms with E-state index in [1.54, 1.807) is 11.0 Å². The van der Waals surface area contributed by atoms with Crippen LogP contribution in [0.25, 0.3) is 0 Å². The molecule has 1 atom stereocenters. The molecule has 2 aromatic carbocycles. The predicted octanol–water partition coefficient (Wildman–Crippen LogP) is 3.47. The minimum absolute atomic E-state index is 0.0776. The maximum absolute atomic E-state index is 13.4. The first-order valence-electron chi connectivity index (χ1n) is 7.36. The van der Waals surface area contributed by atoms with Crippen LogP contribution in [0.2, 0.25) is 0 Å². The van der Waals surface area contributed by atoms with Crippen molar-refractivity contribution in [3.8, 4) is 11.5 Å². The predicted molar refractivity (Wildman–Crippen MR) is 84.7 cm³/mol. The van der Waals surface area contributed by atoms with Gasteiger partial charge in [0.1, 0.15) is 17.0 Å². The Balaban J connectivity index is 1.66. The number of halogens is 2. The molecule has 0 radical (unpaired) electrons. The van der Waals surface area contributed by atoms with E-state index < -0.39 is 11.6 Å². The Labute approximate surface area is 141 Å². The van der Waals surface area contributed by atoms with Crippen molar-refractivity contribution in [2.24, 2.45) is 0 Å². The standard InChI is InChI=1S/C17H13F2NO3S/c18-11-4-10(5-12(19)6-11)7-20-15(21)8-24-17(20)13-2-1-3-14-16(13)23-9-22-14/h1-6,17H,7-9H2. The third-order valence-electron chi connectivity index (χ3n) is 3.94. The highest BCUT2D eigenvalue weighted by atomic mass is 32.2. The average molecular weight is 349 g/mol. The number of ether oxygens (including phenoxy) is 2. The van der Waals surface area contributed by atoms with Gasteiger partial charge in [0.25, 0.3) is 0 Å². The normalized spacial score (nSPS) is 19.2. The van der Waals surface area contributed by atoms with Crippen LogP contribution >= 0.6 is 11.8 Å². The molecule has 1 amide bonds. The number of amides is 1. The molecule has 1 saturated heterocycles. The summed E-state index contributed by atoms with van der Waals surface area (Å²) in [6.45, 7) is 0.280. The van der Waals surface area contributed by atoms with E-state index in [1.807, 2.05) is 12.1 Å². The Morgan fingerprint density at radius 2 is 1.96 bits per heavy atom. The van der Waals surface area contributed by atoms with E-state index in [9.17, 15) is 13.6 Å². The molecule has 2 aliphatic rings. The van der Waals surface area contributed by atoms with Crippen molar-refractivity contribution in [3.05, 3.63) is 59.2 Å². The summed E-state index contributed by atoms with van der Waals surface area (Å²) in [6, 6.07) is 8.82. The Kier molecular flexibility index (Phi) is 3.80. The van der Waals surface area contributed by atoms with Crippen LogP contribution < -0.4 is 9.47 Å². The van der Waals surface area contributed by atoms with Crippen LogP contribution in [0.4, 0.5) is 8.78 Å². The summed E-state index contributed by atoms with van der Waals surface area (Å²) in [5.41, 5.74) is 1.25. The molecule has 4 rings (SSSR count). The first-order valence-corrected chi connectivity index (χ1v) is 8.41. The Bertz CT molecular complexity index is 794. The molecule has 0 spiro atoms. The number of carbonyl (C=O) groups is 1. The molecule has 2 aromatic rings. The van der Waals surface area contributed by atoms with Gasteiger partial charge in [-0.05, 0) is 23.8 Å². The average Bonchev–Trinajstić information content (AvgIpc) is 3.14. The SMILES string of the molecule is O=C1CSC(c2cccc3c2OCO3)N1Cc1cc(F)cc(F)c1. The summed E-state index contributed by atoms with van der Waals surface area (Å²) in [4.78, 5) is 13.9. The van der Waals surface area contributed by atoms with Crippen LogP contribution in [0.1, 0.15) is 16.5 Å². The number of carbonyl (C=O) groups excluding carboxylic acids is 1. The maximum atomic E-state index is 13.4. The molecule has 4 nitrogen and oxygen atoms in total. The molecule has 124 valence electrons. The van der Waals surface area contributed by atoms with Crippen LogP contribution in [0.5, 0.6) is 11.5 Å². The zero-order valence-corrected chi connectivity index (χ0v) is 13.3. The van der Waals surface area contributed by atoms with E-state index in [0.29, 0.717) is 22.8 Å². The summed E-state index contributed by atoms with van der Waals surface area (Å²) in [6.07, 6.45) is 0. The third kappa shape index (κ3) is 2.69. The number of hydrogen-bond donors (Lipinski definition) is 0. The van der Waals surface area contributed by atoms with Gasteiger partial charge in [0.2, 0.25) is 12.7 Å². The Morgan fingerprint density at radius 1 is 1.17 bits per heavy atom. The molecular weight excluding hydrogens is 336 g/mol. The highest BCUT2D eigenvalue weighted by Gasteiger charge is 2.36. The van der Waals surface area contributed by atoms with Gasteiger partial charge in [-0.3, -0.25) is 4.79 Å². The van der Waals surface area contributed by atoms with Crippen molar-refractivity contribution in [1.29, 1.82) is 0 Å². The smallest absolute Gasteiger partial charge is 0.234 e. The fourth-order valence-electron chi connectivity index (χ4n) is 2.93. The van der Waals surface area contributed by atoms with Crippen molar-refractivity contribution in [2.75, 3.05) is 12.5 Å². The second kappa shape index (κ2) is 5.98. The quantitative estimate of drug-likeness (QED) is 0.851. The number of benzene rings is 2. The van der Waals surface area contributed by atoms with Crippen LogP contribution in [0, 0.1) is 11.6 Å². The minimum Gasteiger partial charge on any atom is -0.454 e. The maximum Gasteiger partial charge on any atom is 0.234 e. The van der Waals surface area contributed by atoms with Gasteiger partial charge in [0.05, 0.1) is 5.75 Å². The van der Waals surface area contributed by atoms with E-state index in [4.69, 9.17) is 9.47 Å². The van der Waals surface area contributed by atoms with Gasteiger partial charge >= 0.3 is 0 Å². The first kappa shape index (κ1) is 15.3. The van der Waals surface area contributed by atoms with Crippen LogP contribution in [0.15, 0.2) is 36.4 Å². The lowest BCUT2D eigenvalue weighted by molar-refractivity contribution is -0.128. The largest absolute Gasteiger partial charge is 0.454 e. The van der Waals surface area contributed by atoms with Crippen LogP contribution in [-0.2, 0) is 11.3 Å². The highest BCUT2D eigenvalue weighted by Crippen LogP contribution is 2.47. The zero-order valence-electron chi connectivity index (χ0n) is 12.5. The summed E-state index contributed by atoms with van der Waals surface area (Å²) in [5, 5.41) is -0.277. The molecule has 0 saturated carbocycles. The second-order valence-corrected chi connectivity index (χ2v) is 6.61. The number of rotatable bonds is 3. The lowest BCUT2D eigenvalue weighted by Gasteiger charge is -2.25. The van der Waals surface area contributed by atoms with Crippen molar-refractivity contribution >= 4 is 17.7 Å². The van der Waals surface area contributed by atoms with E-state index in [-0.39, 0.29) is 24.6 Å². The molecule has 0 bridgehead atoms. The van der Waals surface area contributed by atoms with E-state index in [1.165, 1.54) is 23.9 Å². The number of para-hydroxylation sites is 1. The van der Waals surface area contributed by atoms with E-state index >= 15 is 0 Å². The van der Waals surface area contributed by atoms with Gasteiger partial charge in [-0.25, -0.2) is 8.78 Å². The number of fused-ring (bicyclic) bond motifs is 1. The first-order chi connectivity index (χ1) is 11.6. The monoisotopic (exact) mass is 349 g/mol. The van der Waals surface area contributed by atoms with Crippen molar-refractivity contribution in [2.45, 2.75) is 11.9 Å². The molecule has 2 aliphatic heterocycles. The number of thioether (sulfide) groups is 1. The summed E-state index contributed by atoms with van der Waals surface area (Å²) < 4.78 is 37.7. The van der Waals surface area contributed by atoms with Gasteiger partial charge in [0.15, 0.2) is 11.5 Å². The van der Waals surface area contributed by atoms with Gasteiger partial charge in [-0.1, -0.05) is 12.1 Å². The van der Waals surface area contributed by atoms with Crippen molar-refractivity contribution in [3.63, 3.8) is 0 Å². The fourth-order valence-corrected chi connectivity index (χ4v) is 4.13. The molecule has 24 heavy (non-hydrogen) atoms. The lowest BCUT2D eigenvalue weighted by atomic mass is 10.1. The van der Waals surface area contributed by atoms with Crippen LogP contribution in [-0.4, -0.2) is 23.4 Å². The summed E-state index contributed by atoms with van der Waals surface area (Å²) >= 11 is 1.46. The van der Waals surface area contributed by atoms with Gasteiger partial charge in [-0.15, -0.1) is 11.8 Å². The third-order valence-corrected chi connectivity index (χ3v) is 5.17. The molecule has 1 unspecified atom stereocenters.